The van der Waals surface area contributed by atoms with Crippen molar-refractivity contribution in [2.45, 2.75) is 63.5 Å². The maximum absolute atomic E-state index is 6.37. The van der Waals surface area contributed by atoms with E-state index in [1.807, 2.05) is 35.0 Å². The number of hydrogen-bond acceptors (Lipinski definition) is 5. The first-order valence-corrected chi connectivity index (χ1v) is 12.8. The Morgan fingerprint density at radius 2 is 1.59 bits per heavy atom. The Hall–Kier alpha value is -3.12. The third-order valence-electron chi connectivity index (χ3n) is 7.06. The Kier molecular flexibility index (Phi) is 5.83. The van der Waals surface area contributed by atoms with Crippen molar-refractivity contribution < 1.29 is 0 Å². The number of fused-ring (bicyclic) bond motifs is 1. The molecule has 174 valence electrons. The fourth-order valence-corrected chi connectivity index (χ4v) is 5.56. The third kappa shape index (κ3) is 4.23. The monoisotopic (exact) mass is 472 g/mol. The SMILES string of the molecule is Clc1cccc(-c2nn3c(NC4CCCC4)cccc3c2-c2ccnc(NC3CCCC3)n2)c1. The van der Waals surface area contributed by atoms with Gasteiger partial charge in [0.25, 0.3) is 0 Å². The summed E-state index contributed by atoms with van der Waals surface area (Å²) in [5, 5.41) is 13.0. The van der Waals surface area contributed by atoms with Crippen molar-refractivity contribution >= 4 is 28.9 Å². The molecule has 2 aliphatic rings. The maximum Gasteiger partial charge on any atom is 0.223 e. The molecule has 0 unspecified atom stereocenters. The fraction of sp³-hybridized carbons (Fsp3) is 0.370. The molecule has 0 bridgehead atoms. The molecule has 6 rings (SSSR count). The minimum absolute atomic E-state index is 0.453. The number of benzene rings is 1. The van der Waals surface area contributed by atoms with Crippen molar-refractivity contribution in [2.75, 3.05) is 10.6 Å². The van der Waals surface area contributed by atoms with Crippen LogP contribution in [0.2, 0.25) is 5.02 Å². The second kappa shape index (κ2) is 9.26. The van der Waals surface area contributed by atoms with E-state index < -0.39 is 0 Å². The number of nitrogens with one attached hydrogen (secondary N) is 2. The molecule has 34 heavy (non-hydrogen) atoms. The van der Waals surface area contributed by atoms with Gasteiger partial charge in [-0.05, 0) is 56.0 Å². The van der Waals surface area contributed by atoms with Crippen LogP contribution in [0.5, 0.6) is 0 Å². The predicted molar refractivity (Wildman–Crippen MR) is 138 cm³/mol. The second-order valence-electron chi connectivity index (χ2n) is 9.46. The van der Waals surface area contributed by atoms with Gasteiger partial charge in [0.15, 0.2) is 0 Å². The lowest BCUT2D eigenvalue weighted by atomic mass is 10.0. The first-order chi connectivity index (χ1) is 16.7. The molecule has 2 N–H and O–H groups in total. The first kappa shape index (κ1) is 21.4. The van der Waals surface area contributed by atoms with Crippen LogP contribution in [0.25, 0.3) is 28.0 Å². The quantitative estimate of drug-likeness (QED) is 0.322. The van der Waals surface area contributed by atoms with Crippen LogP contribution in [0, 0.1) is 0 Å². The molecule has 4 aromatic rings. The van der Waals surface area contributed by atoms with Gasteiger partial charge in [0.05, 0.1) is 16.8 Å². The number of rotatable bonds is 6. The molecule has 0 saturated heterocycles. The van der Waals surface area contributed by atoms with Crippen LogP contribution in [0.1, 0.15) is 51.4 Å². The second-order valence-corrected chi connectivity index (χ2v) is 9.90. The van der Waals surface area contributed by atoms with Gasteiger partial charge in [-0.2, -0.15) is 5.10 Å². The van der Waals surface area contributed by atoms with Gasteiger partial charge < -0.3 is 10.6 Å². The number of nitrogens with zero attached hydrogens (tertiary/aromatic N) is 4. The first-order valence-electron chi connectivity index (χ1n) is 12.4. The molecular weight excluding hydrogens is 444 g/mol. The summed E-state index contributed by atoms with van der Waals surface area (Å²) < 4.78 is 2.02. The van der Waals surface area contributed by atoms with E-state index in [2.05, 4.69) is 39.9 Å². The molecule has 2 fully saturated rings. The van der Waals surface area contributed by atoms with E-state index in [0.29, 0.717) is 23.1 Å². The molecule has 0 spiro atoms. The third-order valence-corrected chi connectivity index (χ3v) is 7.30. The summed E-state index contributed by atoms with van der Waals surface area (Å²) >= 11 is 6.37. The van der Waals surface area contributed by atoms with E-state index in [4.69, 9.17) is 21.7 Å². The summed E-state index contributed by atoms with van der Waals surface area (Å²) in [6, 6.07) is 17.1. The van der Waals surface area contributed by atoms with Gasteiger partial charge in [-0.25, -0.2) is 14.5 Å². The van der Waals surface area contributed by atoms with Crippen LogP contribution in [0.3, 0.4) is 0 Å². The van der Waals surface area contributed by atoms with Gasteiger partial charge in [-0.1, -0.05) is 55.5 Å². The minimum Gasteiger partial charge on any atom is -0.367 e. The summed E-state index contributed by atoms with van der Waals surface area (Å²) in [6.45, 7) is 0. The summed E-state index contributed by atoms with van der Waals surface area (Å²) in [6.07, 6.45) is 11.7. The Morgan fingerprint density at radius 3 is 2.35 bits per heavy atom. The van der Waals surface area contributed by atoms with Gasteiger partial charge in [-0.3, -0.25) is 0 Å². The van der Waals surface area contributed by atoms with Gasteiger partial charge in [0.1, 0.15) is 11.5 Å². The van der Waals surface area contributed by atoms with Gasteiger partial charge in [-0.15, -0.1) is 0 Å². The predicted octanol–water partition coefficient (Wildman–Crippen LogP) is 6.82. The maximum atomic E-state index is 6.37. The number of hydrogen-bond donors (Lipinski definition) is 2. The smallest absolute Gasteiger partial charge is 0.223 e. The number of halogens is 1. The molecule has 3 aromatic heterocycles. The average molecular weight is 473 g/mol. The van der Waals surface area contributed by atoms with Gasteiger partial charge in [0, 0.05) is 28.9 Å². The molecule has 7 heteroatoms. The highest BCUT2D eigenvalue weighted by Gasteiger charge is 2.22. The van der Waals surface area contributed by atoms with E-state index >= 15 is 0 Å². The zero-order chi connectivity index (χ0) is 22.9. The van der Waals surface area contributed by atoms with Crippen LogP contribution in [-0.2, 0) is 0 Å². The number of pyridine rings is 1. The van der Waals surface area contributed by atoms with E-state index in [0.717, 1.165) is 33.8 Å². The average Bonchev–Trinajstić information content (AvgIpc) is 3.61. The highest BCUT2D eigenvalue weighted by Crippen LogP contribution is 2.37. The normalized spacial score (nSPS) is 17.0. The summed E-state index contributed by atoms with van der Waals surface area (Å²) in [5.74, 6) is 1.69. The van der Waals surface area contributed by atoms with Crippen LogP contribution in [0.15, 0.2) is 54.7 Å². The number of anilines is 2. The van der Waals surface area contributed by atoms with Crippen molar-refractivity contribution in [2.24, 2.45) is 0 Å². The molecule has 0 amide bonds. The van der Waals surface area contributed by atoms with Crippen molar-refractivity contribution in [3.8, 4) is 22.5 Å². The molecule has 0 aliphatic heterocycles. The molecule has 3 heterocycles. The lowest BCUT2D eigenvalue weighted by Gasteiger charge is -2.14. The van der Waals surface area contributed by atoms with Gasteiger partial charge in [0.2, 0.25) is 5.95 Å². The summed E-state index contributed by atoms with van der Waals surface area (Å²) in [4.78, 5) is 9.45. The molecule has 2 aliphatic carbocycles. The van der Waals surface area contributed by atoms with Crippen LogP contribution in [-0.4, -0.2) is 31.7 Å². The molecule has 2 saturated carbocycles. The van der Waals surface area contributed by atoms with Crippen LogP contribution in [0.4, 0.5) is 11.8 Å². The highest BCUT2D eigenvalue weighted by molar-refractivity contribution is 6.30. The van der Waals surface area contributed by atoms with Crippen molar-refractivity contribution in [1.29, 1.82) is 0 Å². The lowest BCUT2D eigenvalue weighted by Crippen LogP contribution is -2.17. The topological polar surface area (TPSA) is 67.1 Å². The Bertz CT molecular complexity index is 1300. The zero-order valence-electron chi connectivity index (χ0n) is 19.2. The van der Waals surface area contributed by atoms with E-state index in [-0.39, 0.29) is 0 Å². The molecule has 0 atom stereocenters. The number of aromatic nitrogens is 4. The van der Waals surface area contributed by atoms with Crippen molar-refractivity contribution in [3.63, 3.8) is 0 Å². The van der Waals surface area contributed by atoms with E-state index in [9.17, 15) is 0 Å². The minimum atomic E-state index is 0.453. The fourth-order valence-electron chi connectivity index (χ4n) is 5.37. The van der Waals surface area contributed by atoms with Crippen LogP contribution < -0.4 is 10.6 Å². The molecular formula is C27H29ClN6. The van der Waals surface area contributed by atoms with Gasteiger partial charge >= 0.3 is 0 Å². The van der Waals surface area contributed by atoms with E-state index in [1.165, 1.54) is 51.4 Å². The molecule has 6 nitrogen and oxygen atoms in total. The molecule has 0 radical (unpaired) electrons. The Labute approximate surface area is 204 Å². The summed E-state index contributed by atoms with van der Waals surface area (Å²) in [7, 11) is 0. The zero-order valence-corrected chi connectivity index (χ0v) is 19.9. The van der Waals surface area contributed by atoms with Crippen LogP contribution >= 0.6 is 11.6 Å². The highest BCUT2D eigenvalue weighted by atomic mass is 35.5. The Balaban J connectivity index is 1.48. The van der Waals surface area contributed by atoms with Crippen molar-refractivity contribution in [3.05, 3.63) is 59.8 Å². The lowest BCUT2D eigenvalue weighted by molar-refractivity contribution is 0.742. The van der Waals surface area contributed by atoms with Crippen molar-refractivity contribution in [1.82, 2.24) is 19.6 Å². The Morgan fingerprint density at radius 1 is 0.853 bits per heavy atom. The summed E-state index contributed by atoms with van der Waals surface area (Å²) in [5.41, 5.74) is 4.71. The standard InChI is InChI=1S/C27H29ClN6/c28-19-8-5-7-18(17-19)26-25(22-15-16-29-27(32-22)31-21-11-3-4-12-21)23-13-6-14-24(34(23)33-26)30-20-9-1-2-10-20/h5-8,13-17,20-21,30H,1-4,9-12H2,(H,29,31,32). The van der Waals surface area contributed by atoms with E-state index in [1.54, 1.807) is 0 Å². The molecule has 1 aromatic carbocycles. The largest absolute Gasteiger partial charge is 0.367 e.